The number of benzene rings is 1. The van der Waals surface area contributed by atoms with Crippen LogP contribution in [-0.4, -0.2) is 18.0 Å². The maximum atomic E-state index is 11.2. The number of pyridine rings is 1. The van der Waals surface area contributed by atoms with Crippen molar-refractivity contribution in [3.63, 3.8) is 0 Å². The van der Waals surface area contributed by atoms with Gasteiger partial charge in [-0.15, -0.1) is 6.42 Å². The van der Waals surface area contributed by atoms with Crippen molar-refractivity contribution in [2.45, 2.75) is 0 Å². The zero-order valence-corrected chi connectivity index (χ0v) is 10.4. The van der Waals surface area contributed by atoms with Crippen LogP contribution in [0.2, 0.25) is 0 Å². The average molecular weight is 252 g/mol. The number of carbonyl (C=O) groups excluding carboxylic acids is 1. The number of primary amides is 1. The molecule has 4 nitrogen and oxygen atoms in total. The number of rotatable bonds is 3. The summed E-state index contributed by atoms with van der Waals surface area (Å²) < 4.78 is 5.14. The molecule has 2 N–H and O–H groups in total. The molecule has 0 bridgehead atoms. The van der Waals surface area contributed by atoms with Crippen LogP contribution in [0.3, 0.4) is 0 Å². The Morgan fingerprint density at radius 3 is 2.79 bits per heavy atom. The summed E-state index contributed by atoms with van der Waals surface area (Å²) in [6.45, 7) is 0. The minimum Gasteiger partial charge on any atom is -0.497 e. The Kier molecular flexibility index (Phi) is 3.48. The molecule has 1 amide bonds. The van der Waals surface area contributed by atoms with Crippen LogP contribution < -0.4 is 10.5 Å². The van der Waals surface area contributed by atoms with Gasteiger partial charge in [0.2, 0.25) is 0 Å². The quantitative estimate of drug-likeness (QED) is 0.848. The summed E-state index contributed by atoms with van der Waals surface area (Å²) in [5.41, 5.74) is 7.53. The summed E-state index contributed by atoms with van der Waals surface area (Å²) in [5, 5.41) is 0. The lowest BCUT2D eigenvalue weighted by Crippen LogP contribution is -2.13. The number of aromatic nitrogens is 1. The molecule has 0 saturated carbocycles. The van der Waals surface area contributed by atoms with Gasteiger partial charge in [-0.25, -0.2) is 4.98 Å². The maximum absolute atomic E-state index is 11.2. The molecule has 1 aromatic carbocycles. The van der Waals surface area contributed by atoms with Crippen molar-refractivity contribution in [2.75, 3.05) is 7.11 Å². The molecule has 2 aromatic rings. The Morgan fingerprint density at radius 2 is 2.16 bits per heavy atom. The molecule has 1 aromatic heterocycles. The second kappa shape index (κ2) is 5.23. The van der Waals surface area contributed by atoms with Crippen LogP contribution in [0.4, 0.5) is 0 Å². The Bertz CT molecular complexity index is 672. The van der Waals surface area contributed by atoms with Gasteiger partial charge < -0.3 is 10.5 Å². The molecule has 0 aliphatic rings. The van der Waals surface area contributed by atoms with Gasteiger partial charge in [0.25, 0.3) is 5.91 Å². The SMILES string of the molecule is C#Cc1cccc(-c2cc(OC)cc(C(N)=O)n2)c1. The fourth-order valence-electron chi connectivity index (χ4n) is 1.67. The summed E-state index contributed by atoms with van der Waals surface area (Å²) in [7, 11) is 1.52. The van der Waals surface area contributed by atoms with Crippen LogP contribution in [-0.2, 0) is 0 Å². The first-order valence-corrected chi connectivity index (χ1v) is 5.57. The number of methoxy groups -OCH3 is 1. The van der Waals surface area contributed by atoms with E-state index in [1.54, 1.807) is 6.07 Å². The zero-order valence-electron chi connectivity index (χ0n) is 10.4. The van der Waals surface area contributed by atoms with Crippen molar-refractivity contribution in [1.82, 2.24) is 4.98 Å². The highest BCUT2D eigenvalue weighted by Gasteiger charge is 2.09. The number of terminal acetylenes is 1. The second-order valence-corrected chi connectivity index (χ2v) is 3.87. The van der Waals surface area contributed by atoms with E-state index in [1.807, 2.05) is 24.3 Å². The molecule has 0 radical (unpaired) electrons. The first kappa shape index (κ1) is 12.7. The van der Waals surface area contributed by atoms with E-state index in [0.29, 0.717) is 11.4 Å². The predicted molar refractivity (Wildman–Crippen MR) is 72.7 cm³/mol. The van der Waals surface area contributed by atoms with Gasteiger partial charge in [0.15, 0.2) is 0 Å². The lowest BCUT2D eigenvalue weighted by Gasteiger charge is -2.07. The van der Waals surface area contributed by atoms with Gasteiger partial charge in [-0.1, -0.05) is 18.1 Å². The van der Waals surface area contributed by atoms with E-state index in [9.17, 15) is 4.79 Å². The van der Waals surface area contributed by atoms with Gasteiger partial charge in [-0.05, 0) is 12.1 Å². The summed E-state index contributed by atoms with van der Waals surface area (Å²) in [4.78, 5) is 15.5. The minimum atomic E-state index is -0.603. The Labute approximate surface area is 111 Å². The molecule has 2 rings (SSSR count). The Balaban J connectivity index is 2.57. The van der Waals surface area contributed by atoms with Crippen LogP contribution in [0.25, 0.3) is 11.3 Å². The highest BCUT2D eigenvalue weighted by atomic mass is 16.5. The van der Waals surface area contributed by atoms with E-state index in [-0.39, 0.29) is 5.69 Å². The van der Waals surface area contributed by atoms with Crippen LogP contribution in [0.1, 0.15) is 16.1 Å². The Hall–Kier alpha value is -2.80. The zero-order chi connectivity index (χ0) is 13.8. The molecule has 0 spiro atoms. The lowest BCUT2D eigenvalue weighted by molar-refractivity contribution is 0.0995. The molecular formula is C15H12N2O2. The molecule has 0 fully saturated rings. The summed E-state index contributed by atoms with van der Waals surface area (Å²) in [5.74, 6) is 2.47. The van der Waals surface area contributed by atoms with Crippen LogP contribution >= 0.6 is 0 Å². The Morgan fingerprint density at radius 1 is 1.37 bits per heavy atom. The maximum Gasteiger partial charge on any atom is 0.267 e. The topological polar surface area (TPSA) is 65.2 Å². The van der Waals surface area contributed by atoms with Gasteiger partial charge in [0.1, 0.15) is 11.4 Å². The molecule has 0 atom stereocenters. The summed E-state index contributed by atoms with van der Waals surface area (Å²) >= 11 is 0. The molecular weight excluding hydrogens is 240 g/mol. The monoisotopic (exact) mass is 252 g/mol. The van der Waals surface area contributed by atoms with Gasteiger partial charge in [-0.3, -0.25) is 4.79 Å². The number of nitrogens with zero attached hydrogens (tertiary/aromatic N) is 1. The van der Waals surface area contributed by atoms with Crippen LogP contribution in [0.5, 0.6) is 5.75 Å². The fraction of sp³-hybridized carbons (Fsp3) is 0.0667. The number of carbonyl (C=O) groups is 1. The smallest absolute Gasteiger partial charge is 0.267 e. The normalized spacial score (nSPS) is 9.68. The first-order valence-electron chi connectivity index (χ1n) is 5.57. The van der Waals surface area contributed by atoms with Crippen LogP contribution in [0.15, 0.2) is 36.4 Å². The lowest BCUT2D eigenvalue weighted by atomic mass is 10.1. The van der Waals surface area contributed by atoms with Gasteiger partial charge in [-0.2, -0.15) is 0 Å². The van der Waals surface area contributed by atoms with E-state index in [2.05, 4.69) is 10.9 Å². The largest absolute Gasteiger partial charge is 0.497 e. The van der Waals surface area contributed by atoms with E-state index in [1.165, 1.54) is 13.2 Å². The van der Waals surface area contributed by atoms with Crippen molar-refractivity contribution in [2.24, 2.45) is 5.73 Å². The highest BCUT2D eigenvalue weighted by Crippen LogP contribution is 2.23. The van der Waals surface area contributed by atoms with Crippen molar-refractivity contribution in [1.29, 1.82) is 0 Å². The second-order valence-electron chi connectivity index (χ2n) is 3.87. The third-order valence-electron chi connectivity index (χ3n) is 2.61. The number of nitrogens with two attached hydrogens (primary N) is 1. The number of amides is 1. The molecule has 19 heavy (non-hydrogen) atoms. The van der Waals surface area contributed by atoms with Crippen molar-refractivity contribution >= 4 is 5.91 Å². The standard InChI is InChI=1S/C15H12N2O2/c1-3-10-5-4-6-11(7-10)13-8-12(19-2)9-14(17-13)15(16)18/h1,4-9H,2H3,(H2,16,18). The number of hydrogen-bond donors (Lipinski definition) is 1. The third kappa shape index (κ3) is 2.72. The van der Waals surface area contributed by atoms with E-state index in [4.69, 9.17) is 16.9 Å². The van der Waals surface area contributed by atoms with E-state index < -0.39 is 5.91 Å². The van der Waals surface area contributed by atoms with Crippen LogP contribution in [0, 0.1) is 12.3 Å². The van der Waals surface area contributed by atoms with E-state index >= 15 is 0 Å². The molecule has 4 heteroatoms. The molecule has 0 aliphatic heterocycles. The highest BCUT2D eigenvalue weighted by molar-refractivity contribution is 5.91. The van der Waals surface area contributed by atoms with E-state index in [0.717, 1.165) is 11.1 Å². The first-order chi connectivity index (χ1) is 9.13. The number of ether oxygens (including phenoxy) is 1. The van der Waals surface area contributed by atoms with Crippen molar-refractivity contribution in [3.05, 3.63) is 47.7 Å². The fourth-order valence-corrected chi connectivity index (χ4v) is 1.67. The molecule has 0 unspecified atom stereocenters. The van der Waals surface area contributed by atoms with Gasteiger partial charge in [0.05, 0.1) is 12.8 Å². The molecule has 94 valence electrons. The third-order valence-corrected chi connectivity index (χ3v) is 2.61. The minimum absolute atomic E-state index is 0.153. The summed E-state index contributed by atoms with van der Waals surface area (Å²) in [6, 6.07) is 10.5. The average Bonchev–Trinajstić information content (AvgIpc) is 2.46. The molecule has 0 aliphatic carbocycles. The molecule has 0 saturated heterocycles. The van der Waals surface area contributed by atoms with Crippen molar-refractivity contribution in [3.8, 4) is 29.4 Å². The predicted octanol–water partition coefficient (Wildman–Crippen LogP) is 1.84. The molecule has 1 heterocycles. The summed E-state index contributed by atoms with van der Waals surface area (Å²) in [6.07, 6.45) is 5.36. The number of hydrogen-bond acceptors (Lipinski definition) is 3. The van der Waals surface area contributed by atoms with Gasteiger partial charge in [0, 0.05) is 23.3 Å². The van der Waals surface area contributed by atoms with Crippen molar-refractivity contribution < 1.29 is 9.53 Å². The van der Waals surface area contributed by atoms with Gasteiger partial charge >= 0.3 is 0 Å².